The molecule has 1 aromatic carbocycles. The van der Waals surface area contributed by atoms with Crippen molar-refractivity contribution in [1.29, 1.82) is 0 Å². The van der Waals surface area contributed by atoms with Crippen molar-refractivity contribution in [3.63, 3.8) is 0 Å². The van der Waals surface area contributed by atoms with Gasteiger partial charge in [0.15, 0.2) is 0 Å². The minimum Gasteiger partial charge on any atom is -0.461 e. The molecule has 2 saturated heterocycles. The van der Waals surface area contributed by atoms with E-state index in [1.54, 1.807) is 6.07 Å². The molecule has 8 nitrogen and oxygen atoms in total. The molecule has 2 aliphatic rings. The summed E-state index contributed by atoms with van der Waals surface area (Å²) in [5, 5.41) is 3.91. The van der Waals surface area contributed by atoms with E-state index in [-0.39, 0.29) is 34.7 Å². The van der Waals surface area contributed by atoms with Gasteiger partial charge in [0.05, 0.1) is 27.3 Å². The molecule has 4 heterocycles. The third-order valence-electron chi connectivity index (χ3n) is 7.20. The van der Waals surface area contributed by atoms with Crippen molar-refractivity contribution in [2.75, 3.05) is 57.0 Å². The molecule has 38 heavy (non-hydrogen) atoms. The summed E-state index contributed by atoms with van der Waals surface area (Å²) < 4.78 is 61.5. The predicted molar refractivity (Wildman–Crippen MR) is 138 cm³/mol. The number of halogens is 5. The Morgan fingerprint density at radius 2 is 1.92 bits per heavy atom. The number of hydrogen-bond donors (Lipinski definition) is 2. The third-order valence-corrected chi connectivity index (χ3v) is 7.52. The largest absolute Gasteiger partial charge is 0.461 e. The van der Waals surface area contributed by atoms with Crippen molar-refractivity contribution in [2.24, 2.45) is 0 Å². The molecule has 13 heteroatoms. The Morgan fingerprint density at radius 1 is 1.18 bits per heavy atom. The van der Waals surface area contributed by atoms with Gasteiger partial charge >= 0.3 is 12.2 Å². The standard InChI is InChI=1S/C25H28ClF4N7O/c1-24(11-14(27)12-36(24)2)13-38-23-33-19-10-15(21-17(25(28,29)30)3-4-20(31)34-21)18(26)9-16(19)22(35-23)37-7-5-32-6-8-37/h3-4,9-10,14,32H,5-8,11-13H2,1-2H3,(H2,31,34). The van der Waals surface area contributed by atoms with Crippen molar-refractivity contribution in [1.82, 2.24) is 25.2 Å². The number of fused-ring (bicyclic) bond motifs is 1. The molecule has 0 aliphatic carbocycles. The molecule has 204 valence electrons. The van der Waals surface area contributed by atoms with E-state index in [4.69, 9.17) is 22.1 Å². The quantitative estimate of drug-likeness (QED) is 0.455. The van der Waals surface area contributed by atoms with Gasteiger partial charge in [0.25, 0.3) is 0 Å². The van der Waals surface area contributed by atoms with Crippen LogP contribution in [0.3, 0.4) is 0 Å². The normalized spacial score (nSPS) is 22.8. The number of benzene rings is 1. The highest BCUT2D eigenvalue weighted by molar-refractivity contribution is 6.34. The lowest BCUT2D eigenvalue weighted by Crippen LogP contribution is -2.44. The first kappa shape index (κ1) is 26.6. The smallest absolute Gasteiger partial charge is 0.418 e. The maximum atomic E-state index is 14.1. The van der Waals surface area contributed by atoms with Gasteiger partial charge in [-0.2, -0.15) is 23.1 Å². The van der Waals surface area contributed by atoms with Crippen molar-refractivity contribution >= 4 is 34.1 Å². The number of hydrogen-bond acceptors (Lipinski definition) is 8. The van der Waals surface area contributed by atoms with E-state index in [2.05, 4.69) is 20.3 Å². The van der Waals surface area contributed by atoms with E-state index < -0.39 is 23.5 Å². The van der Waals surface area contributed by atoms with Crippen LogP contribution in [0.4, 0.5) is 29.2 Å². The van der Waals surface area contributed by atoms with Crippen molar-refractivity contribution < 1.29 is 22.3 Å². The Labute approximate surface area is 222 Å². The summed E-state index contributed by atoms with van der Waals surface area (Å²) in [6.45, 7) is 5.14. The molecule has 0 radical (unpaired) electrons. The van der Waals surface area contributed by atoms with Crippen molar-refractivity contribution in [3.8, 4) is 17.3 Å². The summed E-state index contributed by atoms with van der Waals surface area (Å²) in [7, 11) is 1.83. The molecule has 0 saturated carbocycles. The number of likely N-dealkylation sites (N-methyl/N-ethyl adjacent to an activating group) is 1. The molecule has 0 bridgehead atoms. The van der Waals surface area contributed by atoms with Crippen LogP contribution in [0, 0.1) is 0 Å². The van der Waals surface area contributed by atoms with Crippen molar-refractivity contribution in [2.45, 2.75) is 31.2 Å². The number of alkyl halides is 4. The van der Waals surface area contributed by atoms with Crippen LogP contribution in [0.1, 0.15) is 18.9 Å². The fourth-order valence-corrected chi connectivity index (χ4v) is 5.24. The van der Waals surface area contributed by atoms with Gasteiger partial charge < -0.3 is 20.7 Å². The van der Waals surface area contributed by atoms with E-state index in [9.17, 15) is 17.6 Å². The number of nitrogens with two attached hydrogens (primary N) is 1. The second kappa shape index (κ2) is 9.97. The molecule has 3 aromatic rings. The number of anilines is 2. The molecule has 2 unspecified atom stereocenters. The fraction of sp³-hybridized carbons (Fsp3) is 0.480. The van der Waals surface area contributed by atoms with E-state index in [0.717, 1.165) is 25.2 Å². The zero-order chi connectivity index (χ0) is 27.2. The van der Waals surface area contributed by atoms with Gasteiger partial charge in [0, 0.05) is 50.1 Å². The fourth-order valence-electron chi connectivity index (χ4n) is 4.99. The molecule has 0 spiro atoms. The van der Waals surface area contributed by atoms with Gasteiger partial charge in [-0.05, 0) is 38.2 Å². The zero-order valence-electron chi connectivity index (χ0n) is 20.9. The Bertz CT molecular complexity index is 1350. The lowest BCUT2D eigenvalue weighted by Gasteiger charge is -2.32. The molecular weight excluding hydrogens is 526 g/mol. The minimum atomic E-state index is -4.67. The molecule has 5 rings (SSSR count). The predicted octanol–water partition coefficient (Wildman–Crippen LogP) is 4.17. The number of rotatable bonds is 5. The first-order chi connectivity index (χ1) is 17.9. The van der Waals surface area contributed by atoms with Gasteiger partial charge in [-0.1, -0.05) is 11.6 Å². The molecule has 3 N–H and O–H groups in total. The topological polar surface area (TPSA) is 92.4 Å². The third kappa shape index (κ3) is 5.16. The number of nitrogen functional groups attached to an aromatic ring is 1. The van der Waals surface area contributed by atoms with E-state index in [0.29, 0.717) is 42.8 Å². The number of pyridine rings is 1. The highest BCUT2D eigenvalue weighted by Gasteiger charge is 2.41. The summed E-state index contributed by atoms with van der Waals surface area (Å²) in [6.07, 6.45) is -5.32. The van der Waals surface area contributed by atoms with Crippen molar-refractivity contribution in [3.05, 3.63) is 34.9 Å². The molecule has 0 amide bonds. The van der Waals surface area contributed by atoms with Crippen LogP contribution in [0.2, 0.25) is 5.02 Å². The van der Waals surface area contributed by atoms with Crippen LogP contribution in [0.25, 0.3) is 22.2 Å². The Balaban J connectivity index is 1.62. The lowest BCUT2D eigenvalue weighted by molar-refractivity contribution is -0.137. The number of nitrogens with one attached hydrogen (secondary N) is 1. The molecular formula is C25H28ClF4N7O. The summed E-state index contributed by atoms with van der Waals surface area (Å²) in [5.41, 5.74) is 4.22. The maximum Gasteiger partial charge on any atom is 0.418 e. The summed E-state index contributed by atoms with van der Waals surface area (Å²) in [4.78, 5) is 17.1. The summed E-state index contributed by atoms with van der Waals surface area (Å²) in [5.74, 6) is 0.488. The Kier molecular flexibility index (Phi) is 6.99. The van der Waals surface area contributed by atoms with E-state index in [1.165, 1.54) is 6.07 Å². The van der Waals surface area contributed by atoms with Gasteiger partial charge in [-0.3, -0.25) is 4.90 Å². The number of likely N-dealkylation sites (tertiary alicyclic amines) is 1. The average molecular weight is 554 g/mol. The highest BCUT2D eigenvalue weighted by atomic mass is 35.5. The molecule has 2 aliphatic heterocycles. The zero-order valence-corrected chi connectivity index (χ0v) is 21.7. The highest BCUT2D eigenvalue weighted by Crippen LogP contribution is 2.41. The number of ether oxygens (including phenoxy) is 1. The van der Waals surface area contributed by atoms with Gasteiger partial charge in [0.1, 0.15) is 24.4 Å². The molecule has 2 atom stereocenters. The van der Waals surface area contributed by atoms with E-state index in [1.807, 2.05) is 23.8 Å². The second-order valence-corrected chi connectivity index (χ2v) is 10.4. The van der Waals surface area contributed by atoms with Crippen LogP contribution in [-0.4, -0.2) is 77.9 Å². The molecule has 2 fully saturated rings. The Hall–Kier alpha value is -2.96. The monoisotopic (exact) mass is 553 g/mol. The van der Waals surface area contributed by atoms with Gasteiger partial charge in [0.2, 0.25) is 0 Å². The summed E-state index contributed by atoms with van der Waals surface area (Å²) in [6, 6.07) is 5.04. The van der Waals surface area contributed by atoms with Crippen LogP contribution >= 0.6 is 11.6 Å². The Morgan fingerprint density at radius 3 is 2.58 bits per heavy atom. The minimum absolute atomic E-state index is 0.0393. The van der Waals surface area contributed by atoms with Crippen LogP contribution in [0.15, 0.2) is 24.3 Å². The number of nitrogens with zero attached hydrogens (tertiary/aromatic N) is 5. The average Bonchev–Trinajstić information content (AvgIpc) is 3.12. The first-order valence-electron chi connectivity index (χ1n) is 12.2. The first-order valence-corrected chi connectivity index (χ1v) is 12.6. The number of aromatic nitrogens is 3. The SMILES string of the molecule is CN1CC(F)CC1(C)COc1nc(N2CCNCC2)c2cc(Cl)c(-c3nc(N)ccc3C(F)(F)F)cc2n1. The number of piperazine rings is 1. The summed E-state index contributed by atoms with van der Waals surface area (Å²) >= 11 is 6.55. The second-order valence-electron chi connectivity index (χ2n) is 10.0. The van der Waals surface area contributed by atoms with Crippen LogP contribution in [-0.2, 0) is 6.18 Å². The van der Waals surface area contributed by atoms with Crippen LogP contribution in [0.5, 0.6) is 6.01 Å². The lowest BCUT2D eigenvalue weighted by atomic mass is 10.0. The van der Waals surface area contributed by atoms with Gasteiger partial charge in [-0.15, -0.1) is 0 Å². The van der Waals surface area contributed by atoms with Gasteiger partial charge in [-0.25, -0.2) is 9.37 Å². The van der Waals surface area contributed by atoms with Crippen LogP contribution < -0.4 is 20.7 Å². The molecule has 2 aromatic heterocycles. The maximum absolute atomic E-state index is 14.1. The van der Waals surface area contributed by atoms with E-state index >= 15 is 0 Å².